The van der Waals surface area contributed by atoms with E-state index < -0.39 is 0 Å². The van der Waals surface area contributed by atoms with Gasteiger partial charge in [0.05, 0.1) is 6.10 Å². The van der Waals surface area contributed by atoms with E-state index in [2.05, 4.69) is 29.3 Å². The molecule has 2 N–H and O–H groups in total. The average Bonchev–Trinajstić information content (AvgIpc) is 3.00. The molecule has 0 spiro atoms. The number of nitrogens with two attached hydrogens (primary N) is 1. The van der Waals surface area contributed by atoms with Gasteiger partial charge in [0.2, 0.25) is 0 Å². The molecule has 1 aliphatic rings. The maximum absolute atomic E-state index is 5.94. The van der Waals surface area contributed by atoms with Gasteiger partial charge in [-0.1, -0.05) is 13.0 Å². The lowest BCUT2D eigenvalue weighted by atomic mass is 10.1. The first-order valence-corrected chi connectivity index (χ1v) is 7.31. The summed E-state index contributed by atoms with van der Waals surface area (Å²) in [6.45, 7) is 5.81. The fraction of sp³-hybridized carbons (Fsp3) is 0.692. The summed E-state index contributed by atoms with van der Waals surface area (Å²) >= 11 is 1.81. The molecule has 0 saturated carbocycles. The third-order valence-electron chi connectivity index (χ3n) is 3.45. The molecule has 1 fully saturated rings. The summed E-state index contributed by atoms with van der Waals surface area (Å²) in [6, 6.07) is 4.66. The van der Waals surface area contributed by atoms with Crippen LogP contribution in [0.4, 0.5) is 0 Å². The fourth-order valence-electron chi connectivity index (χ4n) is 2.51. The van der Waals surface area contributed by atoms with E-state index in [0.29, 0.717) is 18.7 Å². The number of hydrogen-bond acceptors (Lipinski definition) is 4. The highest BCUT2D eigenvalue weighted by atomic mass is 32.1. The van der Waals surface area contributed by atoms with Crippen LogP contribution in [0.25, 0.3) is 0 Å². The lowest BCUT2D eigenvalue weighted by Gasteiger charge is -2.33. The maximum atomic E-state index is 5.94. The van der Waals surface area contributed by atoms with Gasteiger partial charge in [-0.25, -0.2) is 0 Å². The highest BCUT2D eigenvalue weighted by molar-refractivity contribution is 7.09. The molecule has 2 unspecified atom stereocenters. The first-order valence-electron chi connectivity index (χ1n) is 6.43. The molecule has 0 aromatic carbocycles. The number of likely N-dealkylation sites (N-methyl/N-ethyl adjacent to an activating group) is 1. The second-order valence-electron chi connectivity index (χ2n) is 4.50. The second-order valence-corrected chi connectivity index (χ2v) is 5.53. The molecule has 2 heterocycles. The highest BCUT2D eigenvalue weighted by Crippen LogP contribution is 2.21. The van der Waals surface area contributed by atoms with E-state index >= 15 is 0 Å². The zero-order valence-corrected chi connectivity index (χ0v) is 11.3. The van der Waals surface area contributed by atoms with Gasteiger partial charge >= 0.3 is 0 Å². The van der Waals surface area contributed by atoms with Gasteiger partial charge in [0.25, 0.3) is 0 Å². The molecule has 0 aliphatic carbocycles. The van der Waals surface area contributed by atoms with Gasteiger partial charge in [-0.2, -0.15) is 0 Å². The van der Waals surface area contributed by atoms with Crippen molar-refractivity contribution in [3.63, 3.8) is 0 Å². The highest BCUT2D eigenvalue weighted by Gasteiger charge is 2.29. The molecule has 17 heavy (non-hydrogen) atoms. The van der Waals surface area contributed by atoms with Crippen molar-refractivity contribution in [1.29, 1.82) is 0 Å². The second kappa shape index (κ2) is 6.50. The van der Waals surface area contributed by atoms with Gasteiger partial charge in [-0.15, -0.1) is 11.3 Å². The van der Waals surface area contributed by atoms with Gasteiger partial charge in [0.15, 0.2) is 0 Å². The molecule has 4 heteroatoms. The van der Waals surface area contributed by atoms with E-state index in [4.69, 9.17) is 10.5 Å². The van der Waals surface area contributed by atoms with Crippen LogP contribution in [0.1, 0.15) is 24.6 Å². The molecule has 1 aromatic rings. The largest absolute Gasteiger partial charge is 0.377 e. The Labute approximate surface area is 108 Å². The standard InChI is InChI=1S/C13H22N2OS/c1-2-15(10-11-5-4-8-17-11)12(9-14)13-6-3-7-16-13/h4-5,8,12-13H,2-3,6-7,9-10,14H2,1H3. The first-order chi connectivity index (χ1) is 8.35. The smallest absolute Gasteiger partial charge is 0.0743 e. The zero-order chi connectivity index (χ0) is 12.1. The van der Waals surface area contributed by atoms with E-state index in [1.165, 1.54) is 11.3 Å². The van der Waals surface area contributed by atoms with Crippen molar-refractivity contribution in [2.24, 2.45) is 5.73 Å². The number of nitrogens with zero attached hydrogens (tertiary/aromatic N) is 1. The quantitative estimate of drug-likeness (QED) is 0.844. The van der Waals surface area contributed by atoms with Crippen LogP contribution >= 0.6 is 11.3 Å². The summed E-state index contributed by atoms with van der Waals surface area (Å²) in [5.41, 5.74) is 5.94. The Kier molecular flexibility index (Phi) is 4.98. The van der Waals surface area contributed by atoms with E-state index in [0.717, 1.165) is 26.1 Å². The molecule has 96 valence electrons. The predicted molar refractivity (Wildman–Crippen MR) is 72.2 cm³/mol. The Hall–Kier alpha value is -0.420. The molecule has 1 aliphatic heterocycles. The zero-order valence-electron chi connectivity index (χ0n) is 10.5. The molecular formula is C13H22N2OS. The van der Waals surface area contributed by atoms with Crippen molar-refractivity contribution in [3.05, 3.63) is 22.4 Å². The van der Waals surface area contributed by atoms with E-state index in [-0.39, 0.29) is 0 Å². The minimum Gasteiger partial charge on any atom is -0.377 e. The third kappa shape index (κ3) is 3.28. The molecule has 1 aromatic heterocycles. The Balaban J connectivity index is 1.99. The molecule has 2 atom stereocenters. The lowest BCUT2D eigenvalue weighted by Crippen LogP contribution is -2.47. The topological polar surface area (TPSA) is 38.5 Å². The monoisotopic (exact) mass is 254 g/mol. The predicted octanol–water partition coefficient (Wildman–Crippen LogP) is 2.08. The Morgan fingerprint density at radius 2 is 2.53 bits per heavy atom. The number of ether oxygens (including phenoxy) is 1. The summed E-state index contributed by atoms with van der Waals surface area (Å²) in [5.74, 6) is 0. The van der Waals surface area contributed by atoms with E-state index in [1.54, 1.807) is 0 Å². The van der Waals surface area contributed by atoms with Crippen LogP contribution in [0.3, 0.4) is 0 Å². The van der Waals surface area contributed by atoms with Crippen LogP contribution in [-0.4, -0.2) is 36.7 Å². The van der Waals surface area contributed by atoms with Crippen LogP contribution in [0.2, 0.25) is 0 Å². The molecule has 2 rings (SSSR count). The minimum atomic E-state index is 0.333. The van der Waals surface area contributed by atoms with Crippen molar-refractivity contribution < 1.29 is 4.74 Å². The van der Waals surface area contributed by atoms with Gasteiger partial charge in [0, 0.05) is 30.6 Å². The summed E-state index contributed by atoms with van der Waals surface area (Å²) in [7, 11) is 0. The summed E-state index contributed by atoms with van der Waals surface area (Å²) in [5, 5.41) is 2.13. The maximum Gasteiger partial charge on any atom is 0.0743 e. The number of rotatable bonds is 6. The molecule has 1 saturated heterocycles. The summed E-state index contributed by atoms with van der Waals surface area (Å²) in [4.78, 5) is 3.85. The lowest BCUT2D eigenvalue weighted by molar-refractivity contribution is 0.0263. The normalized spacial score (nSPS) is 22.2. The number of thiophene rings is 1. The van der Waals surface area contributed by atoms with Crippen molar-refractivity contribution in [1.82, 2.24) is 4.90 Å². The van der Waals surface area contributed by atoms with Crippen LogP contribution in [-0.2, 0) is 11.3 Å². The van der Waals surface area contributed by atoms with Crippen LogP contribution in [0, 0.1) is 0 Å². The molecular weight excluding hydrogens is 232 g/mol. The Morgan fingerprint density at radius 1 is 1.65 bits per heavy atom. The average molecular weight is 254 g/mol. The van der Waals surface area contributed by atoms with Gasteiger partial charge in [-0.3, -0.25) is 4.90 Å². The van der Waals surface area contributed by atoms with Crippen LogP contribution < -0.4 is 5.73 Å². The Morgan fingerprint density at radius 3 is 3.06 bits per heavy atom. The van der Waals surface area contributed by atoms with Crippen LogP contribution in [0.15, 0.2) is 17.5 Å². The fourth-order valence-corrected chi connectivity index (χ4v) is 3.24. The minimum absolute atomic E-state index is 0.333. The van der Waals surface area contributed by atoms with Crippen molar-refractivity contribution in [3.8, 4) is 0 Å². The number of hydrogen-bond donors (Lipinski definition) is 1. The van der Waals surface area contributed by atoms with Gasteiger partial charge < -0.3 is 10.5 Å². The van der Waals surface area contributed by atoms with Gasteiger partial charge in [0.1, 0.15) is 0 Å². The van der Waals surface area contributed by atoms with E-state index in [9.17, 15) is 0 Å². The van der Waals surface area contributed by atoms with Crippen molar-refractivity contribution in [2.45, 2.75) is 38.5 Å². The van der Waals surface area contributed by atoms with Crippen LogP contribution in [0.5, 0.6) is 0 Å². The SMILES string of the molecule is CCN(Cc1cccs1)C(CN)C1CCCO1. The first kappa shape index (κ1) is 13.0. The summed E-state index contributed by atoms with van der Waals surface area (Å²) < 4.78 is 5.79. The molecule has 0 bridgehead atoms. The Bertz CT molecular complexity index is 309. The molecule has 0 amide bonds. The van der Waals surface area contributed by atoms with E-state index in [1.807, 2.05) is 11.3 Å². The van der Waals surface area contributed by atoms with Gasteiger partial charge in [-0.05, 0) is 30.8 Å². The molecule has 3 nitrogen and oxygen atoms in total. The summed E-state index contributed by atoms with van der Waals surface area (Å²) in [6.07, 6.45) is 2.67. The van der Waals surface area contributed by atoms with Crippen molar-refractivity contribution >= 4 is 11.3 Å². The third-order valence-corrected chi connectivity index (χ3v) is 4.31. The molecule has 0 radical (unpaired) electrons. The van der Waals surface area contributed by atoms with Crippen molar-refractivity contribution in [2.75, 3.05) is 19.7 Å².